The number of hydrogen-bond acceptors (Lipinski definition) is 4. The van der Waals surface area contributed by atoms with Crippen LogP contribution in [-0.2, 0) is 16.0 Å². The molecule has 2 rings (SSSR count). The second kappa shape index (κ2) is 7.09. The van der Waals surface area contributed by atoms with Gasteiger partial charge in [-0.25, -0.2) is 4.79 Å². The topological polar surface area (TPSA) is 52.6 Å². The van der Waals surface area contributed by atoms with Crippen molar-refractivity contribution in [1.29, 1.82) is 0 Å². The number of esters is 1. The summed E-state index contributed by atoms with van der Waals surface area (Å²) in [6, 6.07) is 18.0. The van der Waals surface area contributed by atoms with E-state index in [1.165, 1.54) is 0 Å². The zero-order chi connectivity index (χ0) is 14.2. The maximum atomic E-state index is 11.5. The van der Waals surface area contributed by atoms with Crippen molar-refractivity contribution < 1.29 is 19.1 Å². The van der Waals surface area contributed by atoms with Crippen LogP contribution in [0.1, 0.15) is 12.0 Å². The smallest absolute Gasteiger partial charge is 0.395 e. The fourth-order valence-corrected chi connectivity index (χ4v) is 1.64. The van der Waals surface area contributed by atoms with E-state index in [2.05, 4.69) is 4.74 Å². The first-order chi connectivity index (χ1) is 9.74. The van der Waals surface area contributed by atoms with E-state index in [0.29, 0.717) is 12.2 Å². The van der Waals surface area contributed by atoms with Crippen molar-refractivity contribution >= 4 is 12.1 Å². The highest BCUT2D eigenvalue weighted by atomic mass is 16.7. The summed E-state index contributed by atoms with van der Waals surface area (Å²) in [5, 5.41) is 0. The zero-order valence-corrected chi connectivity index (χ0v) is 10.8. The van der Waals surface area contributed by atoms with Gasteiger partial charge in [-0.2, -0.15) is 0 Å². The Labute approximate surface area is 116 Å². The molecule has 0 atom stereocenters. The molecular weight excluding hydrogens is 256 g/mol. The number of carbonyl (C=O) groups excluding carboxylic acids is 2. The van der Waals surface area contributed by atoms with Crippen LogP contribution < -0.4 is 4.74 Å². The van der Waals surface area contributed by atoms with Crippen LogP contribution in [0.4, 0.5) is 4.79 Å². The predicted molar refractivity (Wildman–Crippen MR) is 73.3 cm³/mol. The SMILES string of the molecule is O=C(CCc1ccccc1)OC(=O)Oc1ccccc1. The first-order valence-electron chi connectivity index (χ1n) is 6.25. The Morgan fingerprint density at radius 2 is 1.45 bits per heavy atom. The van der Waals surface area contributed by atoms with Gasteiger partial charge >= 0.3 is 12.1 Å². The highest BCUT2D eigenvalue weighted by molar-refractivity contribution is 5.82. The maximum absolute atomic E-state index is 11.5. The summed E-state index contributed by atoms with van der Waals surface area (Å²) in [4.78, 5) is 22.9. The van der Waals surface area contributed by atoms with Crippen LogP contribution in [0.15, 0.2) is 60.7 Å². The summed E-state index contributed by atoms with van der Waals surface area (Å²) in [7, 11) is 0. The Bertz CT molecular complexity index is 564. The standard InChI is InChI=1S/C16H14O4/c17-15(12-11-13-7-3-1-4-8-13)20-16(18)19-14-9-5-2-6-10-14/h1-10H,11-12H2. The Morgan fingerprint density at radius 1 is 0.850 bits per heavy atom. The van der Waals surface area contributed by atoms with Crippen molar-refractivity contribution in [2.24, 2.45) is 0 Å². The average molecular weight is 270 g/mol. The molecule has 20 heavy (non-hydrogen) atoms. The fourth-order valence-electron chi connectivity index (χ4n) is 1.64. The van der Waals surface area contributed by atoms with Gasteiger partial charge in [0.2, 0.25) is 0 Å². The van der Waals surface area contributed by atoms with E-state index in [9.17, 15) is 9.59 Å². The average Bonchev–Trinajstić information content (AvgIpc) is 2.47. The Balaban J connectivity index is 1.75. The van der Waals surface area contributed by atoms with Crippen molar-refractivity contribution in [2.75, 3.05) is 0 Å². The molecule has 0 amide bonds. The molecule has 0 aromatic heterocycles. The third-order valence-electron chi connectivity index (χ3n) is 2.60. The molecule has 0 saturated carbocycles. The van der Waals surface area contributed by atoms with Crippen LogP contribution in [0.25, 0.3) is 0 Å². The summed E-state index contributed by atoms with van der Waals surface area (Å²) in [5.41, 5.74) is 1.01. The van der Waals surface area contributed by atoms with Gasteiger partial charge < -0.3 is 9.47 Å². The second-order valence-corrected chi connectivity index (χ2v) is 4.12. The third kappa shape index (κ3) is 4.57. The normalized spacial score (nSPS) is 9.80. The molecule has 0 heterocycles. The number of rotatable bonds is 4. The molecule has 0 aliphatic rings. The lowest BCUT2D eigenvalue weighted by atomic mass is 10.1. The summed E-state index contributed by atoms with van der Waals surface area (Å²) < 4.78 is 9.43. The van der Waals surface area contributed by atoms with Crippen molar-refractivity contribution in [3.05, 3.63) is 66.2 Å². The molecule has 0 N–H and O–H groups in total. The van der Waals surface area contributed by atoms with Crippen molar-refractivity contribution in [3.8, 4) is 5.75 Å². The third-order valence-corrected chi connectivity index (χ3v) is 2.60. The predicted octanol–water partition coefficient (Wildman–Crippen LogP) is 3.36. The van der Waals surface area contributed by atoms with Gasteiger partial charge in [-0.1, -0.05) is 48.5 Å². The van der Waals surface area contributed by atoms with E-state index in [-0.39, 0.29) is 6.42 Å². The van der Waals surface area contributed by atoms with Gasteiger partial charge in [-0.3, -0.25) is 4.79 Å². The van der Waals surface area contributed by atoms with E-state index in [1.54, 1.807) is 30.3 Å². The van der Waals surface area contributed by atoms with Gasteiger partial charge in [0.1, 0.15) is 5.75 Å². The van der Waals surface area contributed by atoms with Gasteiger partial charge in [0, 0.05) is 0 Å². The Kier molecular flexibility index (Phi) is 4.89. The highest BCUT2D eigenvalue weighted by Crippen LogP contribution is 2.10. The zero-order valence-electron chi connectivity index (χ0n) is 10.8. The molecule has 4 nitrogen and oxygen atoms in total. The van der Waals surface area contributed by atoms with E-state index < -0.39 is 12.1 Å². The summed E-state index contributed by atoms with van der Waals surface area (Å²) in [6.07, 6.45) is -0.346. The fraction of sp³-hybridized carbons (Fsp3) is 0.125. The lowest BCUT2D eigenvalue weighted by molar-refractivity contribution is -0.138. The summed E-state index contributed by atoms with van der Waals surface area (Å²) in [5.74, 6) is -0.261. The van der Waals surface area contributed by atoms with Crippen LogP contribution in [-0.4, -0.2) is 12.1 Å². The lowest BCUT2D eigenvalue weighted by Gasteiger charge is -2.04. The molecule has 4 heteroatoms. The highest BCUT2D eigenvalue weighted by Gasteiger charge is 2.12. The van der Waals surface area contributed by atoms with Crippen LogP contribution in [0.5, 0.6) is 5.75 Å². The first-order valence-corrected chi connectivity index (χ1v) is 6.25. The monoisotopic (exact) mass is 270 g/mol. The van der Waals surface area contributed by atoms with E-state index in [1.807, 2.05) is 30.3 Å². The number of benzene rings is 2. The molecule has 2 aromatic rings. The number of hydrogen-bond donors (Lipinski definition) is 0. The molecule has 0 aliphatic heterocycles. The molecule has 0 saturated heterocycles. The minimum absolute atomic E-state index is 0.133. The van der Waals surface area contributed by atoms with Crippen molar-refractivity contribution in [2.45, 2.75) is 12.8 Å². The van der Waals surface area contributed by atoms with Crippen LogP contribution in [0.2, 0.25) is 0 Å². The molecule has 0 bridgehead atoms. The van der Waals surface area contributed by atoms with E-state index in [0.717, 1.165) is 5.56 Å². The van der Waals surface area contributed by atoms with Gasteiger partial charge in [-0.05, 0) is 24.1 Å². The number of ether oxygens (including phenoxy) is 2. The van der Waals surface area contributed by atoms with Gasteiger partial charge in [0.25, 0.3) is 0 Å². The van der Waals surface area contributed by atoms with Crippen LogP contribution >= 0.6 is 0 Å². The van der Waals surface area contributed by atoms with E-state index in [4.69, 9.17) is 4.74 Å². The Hall–Kier alpha value is -2.62. The molecule has 102 valence electrons. The molecule has 0 aliphatic carbocycles. The second-order valence-electron chi connectivity index (χ2n) is 4.12. The van der Waals surface area contributed by atoms with Gasteiger partial charge in [0.05, 0.1) is 6.42 Å². The van der Waals surface area contributed by atoms with Crippen molar-refractivity contribution in [1.82, 2.24) is 0 Å². The first kappa shape index (κ1) is 13.8. The number of para-hydroxylation sites is 1. The van der Waals surface area contributed by atoms with E-state index >= 15 is 0 Å². The molecule has 0 radical (unpaired) electrons. The van der Waals surface area contributed by atoms with Crippen molar-refractivity contribution in [3.63, 3.8) is 0 Å². The van der Waals surface area contributed by atoms with Gasteiger partial charge in [-0.15, -0.1) is 0 Å². The quantitative estimate of drug-likeness (QED) is 0.485. The van der Waals surface area contributed by atoms with Crippen LogP contribution in [0.3, 0.4) is 0 Å². The summed E-state index contributed by atoms with van der Waals surface area (Å²) >= 11 is 0. The largest absolute Gasteiger partial charge is 0.521 e. The number of aryl methyl sites for hydroxylation is 1. The molecule has 0 unspecified atom stereocenters. The summed E-state index contributed by atoms with van der Waals surface area (Å²) in [6.45, 7) is 0. The maximum Gasteiger partial charge on any atom is 0.521 e. The molecule has 0 fully saturated rings. The van der Waals surface area contributed by atoms with Gasteiger partial charge in [0.15, 0.2) is 0 Å². The minimum atomic E-state index is -1.01. The molecular formula is C16H14O4. The molecule has 0 spiro atoms. The van der Waals surface area contributed by atoms with Crippen LogP contribution in [0, 0.1) is 0 Å². The number of carbonyl (C=O) groups is 2. The molecule has 2 aromatic carbocycles. The Morgan fingerprint density at radius 3 is 2.10 bits per heavy atom. The minimum Gasteiger partial charge on any atom is -0.395 e. The lowest BCUT2D eigenvalue weighted by Crippen LogP contribution is -2.16.